The monoisotopic (exact) mass is 356 g/mol. The van der Waals surface area contributed by atoms with E-state index in [1.807, 2.05) is 37.8 Å². The first-order valence-electron chi connectivity index (χ1n) is 9.24. The highest BCUT2D eigenvalue weighted by Crippen LogP contribution is 2.21. The number of piperidine rings is 1. The summed E-state index contributed by atoms with van der Waals surface area (Å²) in [4.78, 5) is 37.8. The summed E-state index contributed by atoms with van der Waals surface area (Å²) in [7, 11) is 0. The number of amides is 2. The number of nitrogens with zero attached hydrogens (tertiary/aromatic N) is 1. The first-order chi connectivity index (χ1) is 12.5. The van der Waals surface area contributed by atoms with E-state index in [0.717, 1.165) is 23.9 Å². The number of rotatable bonds is 5. The average molecular weight is 356 g/mol. The largest absolute Gasteiger partial charge is 0.346 e. The Kier molecular flexibility index (Phi) is 7.13. The van der Waals surface area contributed by atoms with Gasteiger partial charge in [0.25, 0.3) is 0 Å². The first kappa shape index (κ1) is 19.9. The molecule has 1 fully saturated rings. The minimum absolute atomic E-state index is 0.00359. The van der Waals surface area contributed by atoms with Crippen molar-refractivity contribution >= 4 is 18.1 Å². The number of hydrogen-bond acceptors (Lipinski definition) is 3. The Balaban J connectivity index is 1.88. The van der Waals surface area contributed by atoms with Crippen molar-refractivity contribution in [3.05, 3.63) is 47.1 Å². The minimum atomic E-state index is -0.215. The van der Waals surface area contributed by atoms with Gasteiger partial charge in [-0.3, -0.25) is 14.4 Å². The van der Waals surface area contributed by atoms with E-state index in [9.17, 15) is 14.4 Å². The van der Waals surface area contributed by atoms with Crippen LogP contribution in [0.25, 0.3) is 0 Å². The zero-order chi connectivity index (χ0) is 19.1. The summed E-state index contributed by atoms with van der Waals surface area (Å²) < 4.78 is 0. The summed E-state index contributed by atoms with van der Waals surface area (Å²) in [5, 5.41) is 2.99. The van der Waals surface area contributed by atoms with E-state index in [1.54, 1.807) is 18.2 Å². The summed E-state index contributed by atoms with van der Waals surface area (Å²) in [6.45, 7) is 7.16. The molecule has 26 heavy (non-hydrogen) atoms. The van der Waals surface area contributed by atoms with E-state index in [1.165, 1.54) is 0 Å². The number of carbonyl (C=O) groups is 3. The van der Waals surface area contributed by atoms with E-state index in [0.29, 0.717) is 31.5 Å². The number of aldehydes is 1. The van der Waals surface area contributed by atoms with Gasteiger partial charge in [-0.05, 0) is 33.1 Å². The second kappa shape index (κ2) is 9.32. The highest BCUT2D eigenvalue weighted by molar-refractivity contribution is 5.94. The van der Waals surface area contributed by atoms with Crippen LogP contribution in [0.5, 0.6) is 0 Å². The second-order valence-electron chi connectivity index (χ2n) is 6.96. The molecule has 0 aromatic carbocycles. The normalized spacial score (nSPS) is 20.2. The second-order valence-corrected chi connectivity index (χ2v) is 6.96. The van der Waals surface area contributed by atoms with Crippen molar-refractivity contribution in [2.24, 2.45) is 5.92 Å². The van der Waals surface area contributed by atoms with Gasteiger partial charge in [-0.2, -0.15) is 0 Å². The fraction of sp³-hybridized carbons (Fsp3) is 0.476. The van der Waals surface area contributed by atoms with Crippen LogP contribution in [0.4, 0.5) is 0 Å². The molecule has 1 atom stereocenters. The third-order valence-electron chi connectivity index (χ3n) is 4.92. The Morgan fingerprint density at radius 2 is 1.92 bits per heavy atom. The Morgan fingerprint density at radius 1 is 1.23 bits per heavy atom. The standard InChI is InChI=1S/C21H28N2O3/c1-4-19(15(2)3)21(26)23-12-10-17(11-13-23)20(25)22-18-7-5-6-16(14-24)8-9-18/h5-9,14,17-18H,4,10-13H2,1-3H3,(H,22,25). The molecule has 0 saturated carbocycles. The number of likely N-dealkylation sites (tertiary alicyclic amines) is 1. The maximum Gasteiger partial charge on any atom is 0.249 e. The van der Waals surface area contributed by atoms with Gasteiger partial charge in [-0.1, -0.05) is 42.9 Å². The predicted molar refractivity (Wildman–Crippen MR) is 102 cm³/mol. The molecule has 0 spiro atoms. The van der Waals surface area contributed by atoms with Crippen LogP contribution in [0, 0.1) is 5.92 Å². The van der Waals surface area contributed by atoms with Crippen molar-refractivity contribution in [1.29, 1.82) is 0 Å². The van der Waals surface area contributed by atoms with Crippen LogP contribution in [0.15, 0.2) is 47.1 Å². The van der Waals surface area contributed by atoms with Gasteiger partial charge in [0.2, 0.25) is 11.8 Å². The Bertz CT molecular complexity index is 673. The number of nitrogens with one attached hydrogen (secondary N) is 1. The summed E-state index contributed by atoms with van der Waals surface area (Å²) in [6, 6.07) is -0.215. The lowest BCUT2D eigenvalue weighted by Crippen LogP contribution is -2.45. The molecule has 0 aromatic rings. The van der Waals surface area contributed by atoms with Crippen molar-refractivity contribution in [3.8, 4) is 0 Å². The van der Waals surface area contributed by atoms with Crippen molar-refractivity contribution in [2.75, 3.05) is 13.1 Å². The smallest absolute Gasteiger partial charge is 0.249 e. The summed E-state index contributed by atoms with van der Waals surface area (Å²) in [6.07, 6.45) is 11.7. The lowest BCUT2D eigenvalue weighted by molar-refractivity contribution is -0.133. The van der Waals surface area contributed by atoms with Gasteiger partial charge in [0, 0.05) is 30.2 Å². The molecule has 1 aliphatic carbocycles. The van der Waals surface area contributed by atoms with Crippen LogP contribution in [-0.2, 0) is 14.4 Å². The lowest BCUT2D eigenvalue weighted by atomic mass is 9.94. The molecule has 5 heteroatoms. The fourth-order valence-electron chi connectivity index (χ4n) is 3.33. The molecular formula is C21H28N2O3. The van der Waals surface area contributed by atoms with Crippen molar-refractivity contribution < 1.29 is 14.4 Å². The molecule has 0 aromatic heterocycles. The van der Waals surface area contributed by atoms with Gasteiger partial charge in [0.05, 0.1) is 6.04 Å². The lowest BCUT2D eigenvalue weighted by Gasteiger charge is -2.32. The predicted octanol–water partition coefficient (Wildman–Crippen LogP) is 2.71. The van der Waals surface area contributed by atoms with Gasteiger partial charge in [0.1, 0.15) is 6.29 Å². The zero-order valence-corrected chi connectivity index (χ0v) is 15.8. The molecule has 0 radical (unpaired) electrons. The van der Waals surface area contributed by atoms with Crippen LogP contribution >= 0.6 is 0 Å². The summed E-state index contributed by atoms with van der Waals surface area (Å²) in [5.74, 6) is 0.0247. The molecule has 1 unspecified atom stereocenters. The molecule has 1 N–H and O–H groups in total. The van der Waals surface area contributed by atoms with Crippen molar-refractivity contribution in [1.82, 2.24) is 10.2 Å². The Hall–Kier alpha value is -2.43. The topological polar surface area (TPSA) is 66.5 Å². The number of hydrogen-bond donors (Lipinski definition) is 1. The van der Waals surface area contributed by atoms with E-state index >= 15 is 0 Å². The van der Waals surface area contributed by atoms with E-state index in [4.69, 9.17) is 0 Å². The molecule has 5 nitrogen and oxygen atoms in total. The maximum atomic E-state index is 12.6. The van der Waals surface area contributed by atoms with Gasteiger partial charge in [-0.15, -0.1) is 0 Å². The molecule has 1 aliphatic heterocycles. The molecular weight excluding hydrogens is 328 g/mol. The first-order valence-corrected chi connectivity index (χ1v) is 9.24. The van der Waals surface area contributed by atoms with Crippen molar-refractivity contribution in [2.45, 2.75) is 46.1 Å². The SMILES string of the molecule is CCC(C(=O)N1CCC(C(=O)NC2C=CC=C(C=O)C=C2)CC1)=C(C)C. The van der Waals surface area contributed by atoms with Gasteiger partial charge >= 0.3 is 0 Å². The number of allylic oxidation sites excluding steroid dienone is 5. The molecule has 0 bridgehead atoms. The van der Waals surface area contributed by atoms with Crippen LogP contribution in [0.2, 0.25) is 0 Å². The van der Waals surface area contributed by atoms with Crippen LogP contribution < -0.4 is 5.32 Å². The Labute approximate surface area is 155 Å². The molecule has 1 heterocycles. The van der Waals surface area contributed by atoms with Crippen LogP contribution in [0.3, 0.4) is 0 Å². The Morgan fingerprint density at radius 3 is 2.50 bits per heavy atom. The van der Waals surface area contributed by atoms with Gasteiger partial charge in [-0.25, -0.2) is 0 Å². The van der Waals surface area contributed by atoms with E-state index < -0.39 is 0 Å². The zero-order valence-electron chi connectivity index (χ0n) is 15.8. The molecule has 2 rings (SSSR count). The minimum Gasteiger partial charge on any atom is -0.346 e. The van der Waals surface area contributed by atoms with Gasteiger partial charge in [0.15, 0.2) is 0 Å². The van der Waals surface area contributed by atoms with E-state index in [-0.39, 0.29) is 23.8 Å². The highest BCUT2D eigenvalue weighted by atomic mass is 16.2. The van der Waals surface area contributed by atoms with E-state index in [2.05, 4.69) is 5.32 Å². The fourth-order valence-corrected chi connectivity index (χ4v) is 3.33. The summed E-state index contributed by atoms with van der Waals surface area (Å²) in [5.41, 5.74) is 2.52. The summed E-state index contributed by atoms with van der Waals surface area (Å²) >= 11 is 0. The number of carbonyl (C=O) groups excluding carboxylic acids is 3. The maximum absolute atomic E-state index is 12.6. The highest BCUT2D eigenvalue weighted by Gasteiger charge is 2.29. The quantitative estimate of drug-likeness (QED) is 0.608. The van der Waals surface area contributed by atoms with Crippen molar-refractivity contribution in [3.63, 3.8) is 0 Å². The van der Waals surface area contributed by atoms with Crippen LogP contribution in [0.1, 0.15) is 40.0 Å². The molecule has 1 saturated heterocycles. The third-order valence-corrected chi connectivity index (χ3v) is 4.92. The average Bonchev–Trinajstić information content (AvgIpc) is 2.87. The molecule has 140 valence electrons. The van der Waals surface area contributed by atoms with Crippen LogP contribution in [-0.4, -0.2) is 42.1 Å². The molecule has 2 amide bonds. The third kappa shape index (κ3) is 5.04. The molecule has 2 aliphatic rings. The van der Waals surface area contributed by atoms with Gasteiger partial charge < -0.3 is 10.2 Å².